The van der Waals surface area contributed by atoms with Gasteiger partial charge < -0.3 is 9.64 Å². The second-order valence-corrected chi connectivity index (χ2v) is 8.02. The molecule has 0 saturated heterocycles. The zero-order chi connectivity index (χ0) is 21.9. The molecule has 4 nitrogen and oxygen atoms in total. The van der Waals surface area contributed by atoms with Gasteiger partial charge in [0.05, 0.1) is 0 Å². The summed E-state index contributed by atoms with van der Waals surface area (Å²) in [4.78, 5) is 9.23. The van der Waals surface area contributed by atoms with Crippen LogP contribution in [0.25, 0.3) is 0 Å². The normalized spacial score (nSPS) is 12.0. The minimum atomic E-state index is -4.59. The highest BCUT2D eigenvalue weighted by Crippen LogP contribution is 2.38. The number of rotatable bonds is 5. The summed E-state index contributed by atoms with van der Waals surface area (Å²) in [6.07, 6.45) is -3.82. The Hall–Kier alpha value is -3.09. The monoisotopic (exact) mass is 415 g/mol. The number of ether oxygens (including phenoxy) is 1. The van der Waals surface area contributed by atoms with Gasteiger partial charge in [-0.25, -0.2) is 4.98 Å². The lowest BCUT2D eigenvalue weighted by molar-refractivity contribution is -0.137. The van der Waals surface area contributed by atoms with Crippen molar-refractivity contribution in [1.29, 1.82) is 0 Å². The van der Waals surface area contributed by atoms with Gasteiger partial charge >= 0.3 is 12.2 Å². The highest BCUT2D eigenvalue weighted by Gasteiger charge is 2.36. The SMILES string of the molecule is CN(c1ccc(C(C)(C)C)cc1)c1nc(OCc2ccccc2)ncc1C(F)(F)F. The number of halogens is 3. The van der Waals surface area contributed by atoms with Crippen LogP contribution in [0.2, 0.25) is 0 Å². The molecule has 0 amide bonds. The second kappa shape index (κ2) is 8.34. The third-order valence-electron chi connectivity index (χ3n) is 4.70. The van der Waals surface area contributed by atoms with E-state index in [9.17, 15) is 13.2 Å². The Morgan fingerprint density at radius 2 is 1.57 bits per heavy atom. The van der Waals surface area contributed by atoms with Gasteiger partial charge in [0.15, 0.2) is 5.82 Å². The van der Waals surface area contributed by atoms with Gasteiger partial charge in [0.1, 0.15) is 12.2 Å². The van der Waals surface area contributed by atoms with Gasteiger partial charge in [0.25, 0.3) is 0 Å². The summed E-state index contributed by atoms with van der Waals surface area (Å²) < 4.78 is 46.3. The maximum atomic E-state index is 13.6. The van der Waals surface area contributed by atoms with E-state index in [0.29, 0.717) is 5.69 Å². The number of benzene rings is 2. The molecule has 0 aliphatic carbocycles. The summed E-state index contributed by atoms with van der Waals surface area (Å²) in [6.45, 7) is 6.40. The van der Waals surface area contributed by atoms with E-state index in [0.717, 1.165) is 17.3 Å². The van der Waals surface area contributed by atoms with Crippen LogP contribution in [0.1, 0.15) is 37.5 Å². The Bertz CT molecular complexity index is 981. The van der Waals surface area contributed by atoms with Crippen LogP contribution >= 0.6 is 0 Å². The lowest BCUT2D eigenvalue weighted by Gasteiger charge is -2.24. The maximum absolute atomic E-state index is 13.6. The highest BCUT2D eigenvalue weighted by atomic mass is 19.4. The molecule has 30 heavy (non-hydrogen) atoms. The van der Waals surface area contributed by atoms with Crippen LogP contribution in [0.15, 0.2) is 60.8 Å². The molecule has 0 radical (unpaired) electrons. The van der Waals surface area contributed by atoms with E-state index in [2.05, 4.69) is 30.7 Å². The Kier molecular flexibility index (Phi) is 6.01. The summed E-state index contributed by atoms with van der Waals surface area (Å²) in [5.74, 6) is -0.260. The highest BCUT2D eigenvalue weighted by molar-refractivity contribution is 5.63. The predicted molar refractivity (Wildman–Crippen MR) is 111 cm³/mol. The van der Waals surface area contributed by atoms with E-state index in [1.54, 1.807) is 19.2 Å². The fourth-order valence-electron chi connectivity index (χ4n) is 2.91. The summed E-state index contributed by atoms with van der Waals surface area (Å²) in [5, 5.41) is 0. The van der Waals surface area contributed by atoms with Crippen molar-refractivity contribution in [3.8, 4) is 6.01 Å². The largest absolute Gasteiger partial charge is 0.459 e. The molecular weight excluding hydrogens is 391 g/mol. The molecule has 7 heteroatoms. The van der Waals surface area contributed by atoms with Gasteiger partial charge in [0.2, 0.25) is 0 Å². The molecule has 0 unspecified atom stereocenters. The minimum Gasteiger partial charge on any atom is -0.459 e. The molecule has 3 rings (SSSR count). The lowest BCUT2D eigenvalue weighted by atomic mass is 9.87. The molecule has 0 spiro atoms. The molecule has 0 fully saturated rings. The van der Waals surface area contributed by atoms with Gasteiger partial charge in [0, 0.05) is 18.9 Å². The third-order valence-corrected chi connectivity index (χ3v) is 4.70. The first kappa shape index (κ1) is 21.6. The second-order valence-electron chi connectivity index (χ2n) is 8.02. The Labute approximate surface area is 174 Å². The minimum absolute atomic E-state index is 0.0540. The van der Waals surface area contributed by atoms with Gasteiger partial charge in [-0.3, -0.25) is 0 Å². The van der Waals surface area contributed by atoms with E-state index in [1.165, 1.54) is 4.90 Å². The van der Waals surface area contributed by atoms with Crippen molar-refractivity contribution >= 4 is 11.5 Å². The molecule has 3 aromatic rings. The number of hydrogen-bond donors (Lipinski definition) is 0. The van der Waals surface area contributed by atoms with Crippen molar-refractivity contribution in [3.05, 3.63) is 77.5 Å². The van der Waals surface area contributed by atoms with Gasteiger partial charge in [-0.1, -0.05) is 63.2 Å². The van der Waals surface area contributed by atoms with Gasteiger partial charge in [-0.05, 0) is 28.7 Å². The van der Waals surface area contributed by atoms with Crippen molar-refractivity contribution < 1.29 is 17.9 Å². The van der Waals surface area contributed by atoms with Crippen molar-refractivity contribution in [2.75, 3.05) is 11.9 Å². The topological polar surface area (TPSA) is 38.2 Å². The van der Waals surface area contributed by atoms with E-state index in [1.807, 2.05) is 42.5 Å². The van der Waals surface area contributed by atoms with E-state index in [-0.39, 0.29) is 23.9 Å². The van der Waals surface area contributed by atoms with Crippen LogP contribution in [0.5, 0.6) is 6.01 Å². The first-order valence-corrected chi connectivity index (χ1v) is 9.51. The number of nitrogens with zero attached hydrogens (tertiary/aromatic N) is 3. The van der Waals surface area contributed by atoms with Crippen molar-refractivity contribution in [2.24, 2.45) is 0 Å². The molecule has 0 aliphatic rings. The predicted octanol–water partition coefficient (Wildman–Crippen LogP) is 6.14. The molecule has 1 heterocycles. The fourth-order valence-corrected chi connectivity index (χ4v) is 2.91. The number of aromatic nitrogens is 2. The van der Waals surface area contributed by atoms with Gasteiger partial charge in [-0.15, -0.1) is 0 Å². The number of alkyl halides is 3. The van der Waals surface area contributed by atoms with Crippen LogP contribution < -0.4 is 9.64 Å². The molecule has 0 bridgehead atoms. The Balaban J connectivity index is 1.91. The standard InChI is InChI=1S/C23H24F3N3O/c1-22(2,3)17-10-12-18(13-11-17)29(4)20-19(23(24,25)26)14-27-21(28-20)30-15-16-8-6-5-7-9-16/h5-14H,15H2,1-4H3. The smallest absolute Gasteiger partial charge is 0.421 e. The van der Waals surface area contributed by atoms with Crippen molar-refractivity contribution in [3.63, 3.8) is 0 Å². The summed E-state index contributed by atoms with van der Waals surface area (Å²) in [5.41, 5.74) is 1.57. The van der Waals surface area contributed by atoms with Crippen molar-refractivity contribution in [1.82, 2.24) is 9.97 Å². The van der Waals surface area contributed by atoms with E-state index < -0.39 is 11.7 Å². The summed E-state index contributed by atoms with van der Waals surface area (Å²) in [7, 11) is 1.55. The quantitative estimate of drug-likeness (QED) is 0.502. The molecule has 158 valence electrons. The first-order valence-electron chi connectivity index (χ1n) is 9.51. The van der Waals surface area contributed by atoms with Crippen LogP contribution in [0, 0.1) is 0 Å². The Morgan fingerprint density at radius 1 is 0.933 bits per heavy atom. The fraction of sp³-hybridized carbons (Fsp3) is 0.304. The summed E-state index contributed by atoms with van der Waals surface area (Å²) >= 11 is 0. The molecular formula is C23H24F3N3O. The maximum Gasteiger partial charge on any atom is 0.421 e. The molecule has 2 aromatic carbocycles. The summed E-state index contributed by atoms with van der Waals surface area (Å²) in [6, 6.07) is 16.6. The van der Waals surface area contributed by atoms with E-state index in [4.69, 9.17) is 4.74 Å². The third kappa shape index (κ3) is 5.09. The van der Waals surface area contributed by atoms with Crippen LogP contribution in [-0.4, -0.2) is 17.0 Å². The first-order chi connectivity index (χ1) is 14.1. The molecule has 0 saturated carbocycles. The number of hydrogen-bond acceptors (Lipinski definition) is 4. The zero-order valence-corrected chi connectivity index (χ0v) is 17.4. The van der Waals surface area contributed by atoms with Crippen molar-refractivity contribution in [2.45, 2.75) is 39.0 Å². The molecule has 0 aliphatic heterocycles. The van der Waals surface area contributed by atoms with Gasteiger partial charge in [-0.2, -0.15) is 18.2 Å². The van der Waals surface area contributed by atoms with Crippen LogP contribution in [0.4, 0.5) is 24.7 Å². The average molecular weight is 415 g/mol. The zero-order valence-electron chi connectivity index (χ0n) is 17.4. The number of anilines is 2. The van der Waals surface area contributed by atoms with Crippen LogP contribution in [-0.2, 0) is 18.2 Å². The molecule has 1 aromatic heterocycles. The lowest BCUT2D eigenvalue weighted by Crippen LogP contribution is -2.19. The van der Waals surface area contributed by atoms with Crippen LogP contribution in [0.3, 0.4) is 0 Å². The van der Waals surface area contributed by atoms with E-state index >= 15 is 0 Å². The molecule has 0 atom stereocenters. The molecule has 0 N–H and O–H groups in total. The average Bonchev–Trinajstić information content (AvgIpc) is 2.71. The Morgan fingerprint density at radius 3 is 2.13 bits per heavy atom.